The molecule has 156 valence electrons. The number of nitrogens with one attached hydrogen (secondary N) is 2. The van der Waals surface area contributed by atoms with Crippen LogP contribution in [0.25, 0.3) is 11.0 Å². The van der Waals surface area contributed by atoms with Gasteiger partial charge in [0.15, 0.2) is 11.6 Å². The zero-order valence-corrected chi connectivity index (χ0v) is 16.5. The van der Waals surface area contributed by atoms with E-state index in [-0.39, 0.29) is 23.8 Å². The summed E-state index contributed by atoms with van der Waals surface area (Å²) >= 11 is 0. The van der Waals surface area contributed by atoms with E-state index >= 15 is 0 Å². The lowest BCUT2D eigenvalue weighted by molar-refractivity contribution is -0.134. The van der Waals surface area contributed by atoms with E-state index in [2.05, 4.69) is 15.3 Å². The van der Waals surface area contributed by atoms with Gasteiger partial charge in [0.2, 0.25) is 11.8 Å². The summed E-state index contributed by atoms with van der Waals surface area (Å²) in [7, 11) is 0. The van der Waals surface area contributed by atoms with Crippen LogP contribution < -0.4 is 10.1 Å². The summed E-state index contributed by atoms with van der Waals surface area (Å²) < 4.78 is 20.2. The Hall–Kier alpha value is -3.42. The zero-order valence-electron chi connectivity index (χ0n) is 16.5. The molecule has 0 bridgehead atoms. The number of halogens is 1. The number of nitrogens with zero attached hydrogens (tertiary/aromatic N) is 2. The lowest BCUT2D eigenvalue weighted by Gasteiger charge is -2.20. The number of benzene rings is 1. The Morgan fingerprint density at radius 3 is 2.67 bits per heavy atom. The number of pyridine rings is 1. The Morgan fingerprint density at radius 1 is 1.10 bits per heavy atom. The van der Waals surface area contributed by atoms with Crippen molar-refractivity contribution in [2.45, 2.75) is 32.1 Å². The quantitative estimate of drug-likeness (QED) is 0.617. The smallest absolute Gasteiger partial charge is 0.233 e. The fraction of sp³-hybridized carbons (Fsp3) is 0.318. The van der Waals surface area contributed by atoms with Crippen molar-refractivity contribution in [3.05, 3.63) is 48.5 Å². The second-order valence-electron chi connectivity index (χ2n) is 7.32. The van der Waals surface area contributed by atoms with Gasteiger partial charge in [-0.2, -0.15) is 0 Å². The maximum atomic E-state index is 14.5. The fourth-order valence-electron chi connectivity index (χ4n) is 3.58. The van der Waals surface area contributed by atoms with Crippen molar-refractivity contribution in [1.82, 2.24) is 14.9 Å². The van der Waals surface area contributed by atoms with Crippen LogP contribution in [0.2, 0.25) is 0 Å². The number of aromatic nitrogens is 2. The largest absolute Gasteiger partial charge is 0.453 e. The van der Waals surface area contributed by atoms with Gasteiger partial charge in [0, 0.05) is 37.2 Å². The molecular formula is C22H23FN4O3. The predicted octanol–water partition coefficient (Wildman–Crippen LogP) is 4.23. The summed E-state index contributed by atoms with van der Waals surface area (Å²) in [4.78, 5) is 33.4. The first-order valence-corrected chi connectivity index (χ1v) is 10.1. The van der Waals surface area contributed by atoms with Crippen LogP contribution in [0.1, 0.15) is 32.1 Å². The standard InChI is InChI=1S/C22H23FN4O3/c23-17-13-15(26-20(28)14-21(29)27-11-3-1-2-4-12-27)5-6-19(17)30-18-8-10-25-22-16(18)7-9-24-22/h5-10,13H,1-4,11-12,14H2,(H,24,25)(H,26,28). The van der Waals surface area contributed by atoms with Gasteiger partial charge in [-0.15, -0.1) is 0 Å². The van der Waals surface area contributed by atoms with Gasteiger partial charge >= 0.3 is 0 Å². The molecule has 1 aromatic carbocycles. The molecule has 1 aliphatic heterocycles. The van der Waals surface area contributed by atoms with Crippen molar-refractivity contribution < 1.29 is 18.7 Å². The summed E-state index contributed by atoms with van der Waals surface area (Å²) in [5, 5.41) is 3.33. The van der Waals surface area contributed by atoms with E-state index < -0.39 is 11.7 Å². The van der Waals surface area contributed by atoms with E-state index in [1.807, 2.05) is 0 Å². The van der Waals surface area contributed by atoms with Crippen LogP contribution in [0, 0.1) is 5.82 Å². The summed E-state index contributed by atoms with van der Waals surface area (Å²) in [6.07, 6.45) is 7.20. The zero-order chi connectivity index (χ0) is 20.9. The second kappa shape index (κ2) is 8.94. The van der Waals surface area contributed by atoms with E-state index in [9.17, 15) is 14.0 Å². The number of carbonyl (C=O) groups excluding carboxylic acids is 2. The molecule has 0 radical (unpaired) electrons. The Kier molecular flexibility index (Phi) is 5.92. The first kappa shape index (κ1) is 19.9. The van der Waals surface area contributed by atoms with Gasteiger partial charge in [0.25, 0.3) is 0 Å². The van der Waals surface area contributed by atoms with Crippen molar-refractivity contribution in [2.75, 3.05) is 18.4 Å². The highest BCUT2D eigenvalue weighted by Gasteiger charge is 2.19. The Morgan fingerprint density at radius 2 is 1.90 bits per heavy atom. The third-order valence-electron chi connectivity index (χ3n) is 5.13. The minimum absolute atomic E-state index is 0.0299. The predicted molar refractivity (Wildman–Crippen MR) is 111 cm³/mol. The number of amides is 2. The normalized spacial score (nSPS) is 14.4. The number of anilines is 1. The maximum absolute atomic E-state index is 14.5. The molecule has 0 atom stereocenters. The number of hydrogen-bond acceptors (Lipinski definition) is 4. The molecule has 2 aromatic heterocycles. The van der Waals surface area contributed by atoms with Crippen molar-refractivity contribution in [3.63, 3.8) is 0 Å². The monoisotopic (exact) mass is 410 g/mol. The lowest BCUT2D eigenvalue weighted by atomic mass is 10.2. The van der Waals surface area contributed by atoms with Crippen LogP contribution in [-0.2, 0) is 9.59 Å². The molecular weight excluding hydrogens is 387 g/mol. The fourth-order valence-corrected chi connectivity index (χ4v) is 3.58. The van der Waals surface area contributed by atoms with Crippen molar-refractivity contribution >= 4 is 28.5 Å². The summed E-state index contributed by atoms with van der Waals surface area (Å²) in [6.45, 7) is 1.38. The minimum Gasteiger partial charge on any atom is -0.453 e. The maximum Gasteiger partial charge on any atom is 0.233 e. The van der Waals surface area contributed by atoms with Crippen LogP contribution in [0.3, 0.4) is 0 Å². The van der Waals surface area contributed by atoms with Gasteiger partial charge in [0.05, 0.1) is 5.39 Å². The molecule has 8 heteroatoms. The summed E-state index contributed by atoms with van der Waals surface area (Å²) in [6, 6.07) is 7.62. The third-order valence-corrected chi connectivity index (χ3v) is 5.13. The van der Waals surface area contributed by atoms with Crippen LogP contribution in [0.4, 0.5) is 10.1 Å². The average molecular weight is 410 g/mol. The lowest BCUT2D eigenvalue weighted by Crippen LogP contribution is -2.34. The van der Waals surface area contributed by atoms with Crippen LogP contribution >= 0.6 is 0 Å². The molecule has 0 saturated carbocycles. The molecule has 30 heavy (non-hydrogen) atoms. The molecule has 2 amide bonds. The number of fused-ring (bicyclic) bond motifs is 1. The molecule has 3 heterocycles. The number of carbonyl (C=O) groups is 2. The van der Waals surface area contributed by atoms with Gasteiger partial charge in [-0.25, -0.2) is 9.37 Å². The van der Waals surface area contributed by atoms with E-state index in [0.717, 1.165) is 31.1 Å². The van der Waals surface area contributed by atoms with E-state index in [0.29, 0.717) is 24.5 Å². The van der Waals surface area contributed by atoms with Crippen LogP contribution in [0.5, 0.6) is 11.5 Å². The first-order valence-electron chi connectivity index (χ1n) is 10.1. The van der Waals surface area contributed by atoms with Gasteiger partial charge < -0.3 is 19.9 Å². The molecule has 4 rings (SSSR count). The van der Waals surface area contributed by atoms with Crippen LogP contribution in [-0.4, -0.2) is 39.8 Å². The van der Waals surface area contributed by atoms with Crippen molar-refractivity contribution in [3.8, 4) is 11.5 Å². The van der Waals surface area contributed by atoms with Crippen LogP contribution in [0.15, 0.2) is 42.7 Å². The molecule has 1 saturated heterocycles. The second-order valence-corrected chi connectivity index (χ2v) is 7.32. The molecule has 0 unspecified atom stereocenters. The number of rotatable bonds is 5. The van der Waals surface area contributed by atoms with E-state index in [1.54, 1.807) is 35.5 Å². The molecule has 0 aliphatic carbocycles. The molecule has 1 fully saturated rings. The Balaban J connectivity index is 1.38. The van der Waals surface area contributed by atoms with Gasteiger partial charge in [-0.1, -0.05) is 12.8 Å². The van der Waals surface area contributed by atoms with Gasteiger partial charge in [-0.05, 0) is 37.1 Å². The summed E-state index contributed by atoms with van der Waals surface area (Å²) in [5.41, 5.74) is 0.918. The molecule has 1 aliphatic rings. The Bertz CT molecular complexity index is 1060. The third kappa shape index (κ3) is 4.59. The van der Waals surface area contributed by atoms with E-state index in [4.69, 9.17) is 4.74 Å². The SMILES string of the molecule is O=C(CC(=O)N1CCCCCC1)Nc1ccc(Oc2ccnc3[nH]ccc23)c(F)c1. The molecule has 0 spiro atoms. The average Bonchev–Trinajstić information content (AvgIpc) is 3.04. The highest BCUT2D eigenvalue weighted by atomic mass is 19.1. The number of hydrogen-bond donors (Lipinski definition) is 2. The number of H-pyrrole nitrogens is 1. The molecule has 3 aromatic rings. The van der Waals surface area contributed by atoms with Gasteiger partial charge in [-0.3, -0.25) is 9.59 Å². The number of likely N-dealkylation sites (tertiary alicyclic amines) is 1. The number of aromatic amines is 1. The van der Waals surface area contributed by atoms with Crippen molar-refractivity contribution in [2.24, 2.45) is 0 Å². The molecule has 2 N–H and O–H groups in total. The Labute approximate surface area is 173 Å². The summed E-state index contributed by atoms with van der Waals surface area (Å²) in [5.74, 6) is -0.766. The van der Waals surface area contributed by atoms with Gasteiger partial charge in [0.1, 0.15) is 17.8 Å². The first-order chi connectivity index (χ1) is 14.6. The van der Waals surface area contributed by atoms with E-state index in [1.165, 1.54) is 12.1 Å². The highest BCUT2D eigenvalue weighted by molar-refractivity contribution is 6.03. The highest BCUT2D eigenvalue weighted by Crippen LogP contribution is 2.31. The minimum atomic E-state index is -0.618. The topological polar surface area (TPSA) is 87.3 Å². The number of ether oxygens (including phenoxy) is 1. The molecule has 7 nitrogen and oxygen atoms in total. The van der Waals surface area contributed by atoms with Crippen molar-refractivity contribution in [1.29, 1.82) is 0 Å².